The van der Waals surface area contributed by atoms with Gasteiger partial charge in [0.25, 0.3) is 5.56 Å². The van der Waals surface area contributed by atoms with Crippen molar-refractivity contribution in [2.75, 3.05) is 5.75 Å². The molecule has 1 unspecified atom stereocenters. The van der Waals surface area contributed by atoms with Crippen LogP contribution >= 0.6 is 23.1 Å². The van der Waals surface area contributed by atoms with Crippen LogP contribution in [0.3, 0.4) is 0 Å². The van der Waals surface area contributed by atoms with Crippen LogP contribution in [0.25, 0.3) is 10.2 Å². The number of fused-ring (bicyclic) bond motifs is 1. The smallest absolute Gasteiger partial charge is 0.272 e. The van der Waals surface area contributed by atoms with Gasteiger partial charge in [-0.3, -0.25) is 14.2 Å². The minimum Gasteiger partial charge on any atom is -0.353 e. The van der Waals surface area contributed by atoms with Gasteiger partial charge in [-0.25, -0.2) is 4.98 Å². The van der Waals surface area contributed by atoms with Crippen molar-refractivity contribution in [1.82, 2.24) is 14.9 Å². The van der Waals surface area contributed by atoms with E-state index in [1.165, 1.54) is 23.1 Å². The molecule has 1 N–H and O–H groups in total. The van der Waals surface area contributed by atoms with E-state index in [0.29, 0.717) is 21.9 Å². The highest BCUT2D eigenvalue weighted by atomic mass is 32.2. The molecule has 21 heavy (non-hydrogen) atoms. The van der Waals surface area contributed by atoms with Gasteiger partial charge in [-0.05, 0) is 31.7 Å². The first-order chi connectivity index (χ1) is 10.1. The minimum atomic E-state index is -0.0309. The molecule has 0 aliphatic rings. The largest absolute Gasteiger partial charge is 0.353 e. The maximum absolute atomic E-state index is 12.3. The molecule has 5 nitrogen and oxygen atoms in total. The highest BCUT2D eigenvalue weighted by molar-refractivity contribution is 7.99. The van der Waals surface area contributed by atoms with Crippen LogP contribution in [0.15, 0.2) is 21.4 Å². The summed E-state index contributed by atoms with van der Waals surface area (Å²) in [6.45, 7) is 6.46. The van der Waals surface area contributed by atoms with Crippen molar-refractivity contribution >= 4 is 39.2 Å². The lowest BCUT2D eigenvalue weighted by Gasteiger charge is -2.12. The minimum absolute atomic E-state index is 0.0256. The van der Waals surface area contributed by atoms with E-state index in [1.54, 1.807) is 4.57 Å². The molecule has 0 aliphatic carbocycles. The van der Waals surface area contributed by atoms with Crippen molar-refractivity contribution in [1.29, 1.82) is 0 Å². The summed E-state index contributed by atoms with van der Waals surface area (Å²) in [4.78, 5) is 28.7. The van der Waals surface area contributed by atoms with Crippen molar-refractivity contribution in [3.8, 4) is 0 Å². The molecule has 114 valence electrons. The predicted octanol–water partition coefficient (Wildman–Crippen LogP) is 2.48. The van der Waals surface area contributed by atoms with Crippen LogP contribution < -0.4 is 10.9 Å². The van der Waals surface area contributed by atoms with Gasteiger partial charge in [-0.1, -0.05) is 18.7 Å². The zero-order valence-electron chi connectivity index (χ0n) is 12.4. The summed E-state index contributed by atoms with van der Waals surface area (Å²) in [7, 11) is 0. The van der Waals surface area contributed by atoms with Gasteiger partial charge in [-0.2, -0.15) is 0 Å². The van der Waals surface area contributed by atoms with E-state index in [0.717, 1.165) is 6.42 Å². The molecule has 0 saturated heterocycles. The number of nitrogens with one attached hydrogen (secondary N) is 1. The molecule has 0 spiro atoms. The normalized spacial score (nSPS) is 12.5. The van der Waals surface area contributed by atoms with E-state index < -0.39 is 0 Å². The third-order valence-electron chi connectivity index (χ3n) is 3.20. The fourth-order valence-electron chi connectivity index (χ4n) is 1.86. The third kappa shape index (κ3) is 3.65. The lowest BCUT2D eigenvalue weighted by molar-refractivity contribution is -0.119. The first-order valence-electron chi connectivity index (χ1n) is 6.97. The fourth-order valence-corrected chi connectivity index (χ4v) is 3.51. The fraction of sp³-hybridized carbons (Fsp3) is 0.500. The molecule has 1 amide bonds. The summed E-state index contributed by atoms with van der Waals surface area (Å²) in [6.07, 6.45) is 0.898. The Kier molecular flexibility index (Phi) is 5.41. The summed E-state index contributed by atoms with van der Waals surface area (Å²) >= 11 is 2.71. The number of carbonyl (C=O) groups excluding carboxylic acids is 1. The Hall–Kier alpha value is -1.34. The Bertz CT molecular complexity index is 693. The number of amides is 1. The van der Waals surface area contributed by atoms with Crippen LogP contribution in [0.2, 0.25) is 0 Å². The summed E-state index contributed by atoms with van der Waals surface area (Å²) in [5, 5.41) is 5.38. The van der Waals surface area contributed by atoms with Crippen molar-refractivity contribution in [2.24, 2.45) is 0 Å². The van der Waals surface area contributed by atoms with Crippen LogP contribution in [0, 0.1) is 0 Å². The van der Waals surface area contributed by atoms with Gasteiger partial charge in [0.2, 0.25) is 5.91 Å². The van der Waals surface area contributed by atoms with Crippen LogP contribution in [0.1, 0.15) is 27.2 Å². The maximum atomic E-state index is 12.3. The molecule has 0 bridgehead atoms. The van der Waals surface area contributed by atoms with Gasteiger partial charge >= 0.3 is 0 Å². The Morgan fingerprint density at radius 1 is 1.52 bits per heavy atom. The Morgan fingerprint density at radius 2 is 2.29 bits per heavy atom. The van der Waals surface area contributed by atoms with Gasteiger partial charge in [0.15, 0.2) is 5.16 Å². The van der Waals surface area contributed by atoms with Crippen molar-refractivity contribution in [2.45, 2.75) is 44.9 Å². The zero-order chi connectivity index (χ0) is 15.4. The summed E-state index contributed by atoms with van der Waals surface area (Å²) in [5.74, 6) is 0.239. The number of hydrogen-bond donors (Lipinski definition) is 1. The van der Waals surface area contributed by atoms with Gasteiger partial charge in [0, 0.05) is 12.6 Å². The Morgan fingerprint density at radius 3 is 2.95 bits per heavy atom. The quantitative estimate of drug-likeness (QED) is 0.655. The number of aromatic nitrogens is 2. The molecule has 0 radical (unpaired) electrons. The van der Waals surface area contributed by atoms with Crippen LogP contribution in [0.4, 0.5) is 0 Å². The lowest BCUT2D eigenvalue weighted by Crippen LogP contribution is -2.33. The first-order valence-corrected chi connectivity index (χ1v) is 8.83. The zero-order valence-corrected chi connectivity index (χ0v) is 14.0. The number of rotatable bonds is 6. The molecular formula is C14H19N3O2S2. The van der Waals surface area contributed by atoms with Gasteiger partial charge in [0.05, 0.1) is 11.3 Å². The van der Waals surface area contributed by atoms with Crippen LogP contribution in [-0.4, -0.2) is 27.3 Å². The molecule has 0 fully saturated rings. The van der Waals surface area contributed by atoms with E-state index in [2.05, 4.69) is 10.3 Å². The maximum Gasteiger partial charge on any atom is 0.272 e. The Balaban J connectivity index is 2.18. The number of thioether (sulfide) groups is 1. The molecule has 0 aromatic carbocycles. The topological polar surface area (TPSA) is 64.0 Å². The van der Waals surface area contributed by atoms with Crippen LogP contribution in [-0.2, 0) is 11.3 Å². The van der Waals surface area contributed by atoms with E-state index >= 15 is 0 Å². The molecular weight excluding hydrogens is 306 g/mol. The molecule has 0 saturated carbocycles. The molecule has 1 atom stereocenters. The molecule has 2 aromatic heterocycles. The molecule has 7 heteroatoms. The Labute approximate surface area is 131 Å². The molecule has 2 aromatic rings. The monoisotopic (exact) mass is 325 g/mol. The second-order valence-electron chi connectivity index (χ2n) is 4.74. The van der Waals surface area contributed by atoms with E-state index in [9.17, 15) is 9.59 Å². The van der Waals surface area contributed by atoms with Crippen molar-refractivity contribution in [3.63, 3.8) is 0 Å². The van der Waals surface area contributed by atoms with E-state index in [4.69, 9.17) is 0 Å². The second kappa shape index (κ2) is 7.09. The lowest BCUT2D eigenvalue weighted by atomic mass is 10.3. The van der Waals surface area contributed by atoms with Gasteiger partial charge < -0.3 is 5.32 Å². The average molecular weight is 325 g/mol. The third-order valence-corrected chi connectivity index (χ3v) is 5.07. The summed E-state index contributed by atoms with van der Waals surface area (Å²) in [5.41, 5.74) is 0.682. The number of nitrogens with zero attached hydrogens (tertiary/aromatic N) is 2. The first kappa shape index (κ1) is 16.0. The summed E-state index contributed by atoms with van der Waals surface area (Å²) < 4.78 is 2.30. The number of hydrogen-bond acceptors (Lipinski definition) is 5. The predicted molar refractivity (Wildman–Crippen MR) is 88.2 cm³/mol. The van der Waals surface area contributed by atoms with Crippen LogP contribution in [0.5, 0.6) is 0 Å². The van der Waals surface area contributed by atoms with Crippen molar-refractivity contribution < 1.29 is 4.79 Å². The standard InChI is InChI=1S/C14H19N3O2S2/c1-4-9(3)15-11(18)8-21-14-16-10-6-7-20-12(10)13(19)17(14)5-2/h6-7,9H,4-5,8H2,1-3H3,(H,15,18). The SMILES string of the molecule is CCC(C)NC(=O)CSc1nc2ccsc2c(=O)n1CC. The second-order valence-corrected chi connectivity index (χ2v) is 6.60. The summed E-state index contributed by atoms with van der Waals surface area (Å²) in [6, 6.07) is 2.00. The van der Waals surface area contributed by atoms with Gasteiger partial charge in [0.1, 0.15) is 4.70 Å². The number of carbonyl (C=O) groups is 1. The van der Waals surface area contributed by atoms with Crippen molar-refractivity contribution in [3.05, 3.63) is 21.8 Å². The number of thiophene rings is 1. The average Bonchev–Trinajstić information content (AvgIpc) is 2.93. The van der Waals surface area contributed by atoms with E-state index in [-0.39, 0.29) is 23.3 Å². The highest BCUT2D eigenvalue weighted by Gasteiger charge is 2.13. The molecule has 2 rings (SSSR count). The highest BCUT2D eigenvalue weighted by Crippen LogP contribution is 2.20. The molecule has 2 heterocycles. The van der Waals surface area contributed by atoms with E-state index in [1.807, 2.05) is 32.2 Å². The van der Waals surface area contributed by atoms with Gasteiger partial charge in [-0.15, -0.1) is 11.3 Å². The molecule has 0 aliphatic heterocycles.